The van der Waals surface area contributed by atoms with Crippen LogP contribution in [0.5, 0.6) is 0 Å². The molecule has 0 saturated heterocycles. The predicted molar refractivity (Wildman–Crippen MR) is 62.5 cm³/mol. The second-order valence-corrected chi connectivity index (χ2v) is 3.70. The monoisotopic (exact) mass is 224 g/mol. The lowest BCUT2D eigenvalue weighted by molar-refractivity contribution is 0.881. The Balaban J connectivity index is 2.20. The third-order valence-corrected chi connectivity index (χ3v) is 2.62. The molecule has 3 aromatic rings. The SMILES string of the molecule is Cc1ccc(-c2nnn[nH]2)n1-c1cc[c]cc1. The topological polar surface area (TPSA) is 59.4 Å². The highest BCUT2D eigenvalue weighted by Gasteiger charge is 2.11. The average molecular weight is 224 g/mol. The van der Waals surface area contributed by atoms with E-state index in [2.05, 4.69) is 31.3 Å². The van der Waals surface area contributed by atoms with Crippen molar-refractivity contribution in [3.8, 4) is 17.2 Å². The van der Waals surface area contributed by atoms with Crippen molar-refractivity contribution in [2.24, 2.45) is 0 Å². The Hall–Kier alpha value is -2.43. The third kappa shape index (κ3) is 1.61. The smallest absolute Gasteiger partial charge is 0.196 e. The van der Waals surface area contributed by atoms with E-state index in [1.54, 1.807) is 0 Å². The normalized spacial score (nSPS) is 10.6. The molecule has 0 fully saturated rings. The van der Waals surface area contributed by atoms with Crippen LogP contribution < -0.4 is 0 Å². The Bertz CT molecular complexity index is 610. The maximum Gasteiger partial charge on any atom is 0.196 e. The van der Waals surface area contributed by atoms with Gasteiger partial charge in [-0.25, -0.2) is 5.10 Å². The minimum Gasteiger partial charge on any atom is -0.311 e. The van der Waals surface area contributed by atoms with Crippen LogP contribution in [0.25, 0.3) is 17.2 Å². The molecule has 83 valence electrons. The van der Waals surface area contributed by atoms with Crippen molar-refractivity contribution in [3.63, 3.8) is 0 Å². The van der Waals surface area contributed by atoms with Crippen molar-refractivity contribution >= 4 is 0 Å². The molecule has 1 radical (unpaired) electrons. The molecule has 0 aliphatic rings. The first-order valence-electron chi connectivity index (χ1n) is 5.25. The molecule has 0 saturated carbocycles. The first-order valence-corrected chi connectivity index (χ1v) is 5.25. The van der Waals surface area contributed by atoms with Crippen LogP contribution in [0.15, 0.2) is 36.4 Å². The molecule has 0 aliphatic carbocycles. The lowest BCUT2D eigenvalue weighted by Gasteiger charge is -2.09. The van der Waals surface area contributed by atoms with Crippen LogP contribution in [0.1, 0.15) is 5.69 Å². The summed E-state index contributed by atoms with van der Waals surface area (Å²) in [5.41, 5.74) is 3.14. The standard InChI is InChI=1S/C12H10N5/c1-9-7-8-11(12-13-15-16-14-12)17(9)10-5-3-2-4-6-10/h3-8H,1H3,(H,13,14,15,16). The second kappa shape index (κ2) is 3.86. The van der Waals surface area contributed by atoms with Crippen LogP contribution in [0.2, 0.25) is 0 Å². The van der Waals surface area contributed by atoms with Crippen molar-refractivity contribution in [2.75, 3.05) is 0 Å². The van der Waals surface area contributed by atoms with E-state index in [0.717, 1.165) is 17.1 Å². The van der Waals surface area contributed by atoms with Gasteiger partial charge in [-0.15, -0.1) is 5.10 Å². The molecule has 0 bridgehead atoms. The lowest BCUT2D eigenvalue weighted by atomic mass is 10.3. The van der Waals surface area contributed by atoms with Crippen LogP contribution >= 0.6 is 0 Å². The van der Waals surface area contributed by atoms with E-state index >= 15 is 0 Å². The van der Waals surface area contributed by atoms with Crippen LogP contribution in [-0.2, 0) is 0 Å². The molecule has 17 heavy (non-hydrogen) atoms. The van der Waals surface area contributed by atoms with E-state index < -0.39 is 0 Å². The fourth-order valence-electron chi connectivity index (χ4n) is 1.86. The minimum atomic E-state index is 0.658. The maximum atomic E-state index is 3.94. The third-order valence-electron chi connectivity index (χ3n) is 2.62. The van der Waals surface area contributed by atoms with Crippen molar-refractivity contribution in [2.45, 2.75) is 6.92 Å². The number of aryl methyl sites for hydroxylation is 1. The van der Waals surface area contributed by atoms with Gasteiger partial charge in [0.1, 0.15) is 0 Å². The number of benzene rings is 1. The molecule has 0 aliphatic heterocycles. The van der Waals surface area contributed by atoms with Gasteiger partial charge in [0.15, 0.2) is 5.82 Å². The molecule has 0 amide bonds. The number of nitrogens with one attached hydrogen (secondary N) is 1. The van der Waals surface area contributed by atoms with Crippen molar-refractivity contribution in [1.29, 1.82) is 0 Å². The Morgan fingerprint density at radius 2 is 2.00 bits per heavy atom. The zero-order valence-corrected chi connectivity index (χ0v) is 9.25. The molecule has 0 spiro atoms. The van der Waals surface area contributed by atoms with Crippen molar-refractivity contribution < 1.29 is 0 Å². The van der Waals surface area contributed by atoms with Gasteiger partial charge in [-0.1, -0.05) is 12.1 Å². The van der Waals surface area contributed by atoms with Gasteiger partial charge in [-0.05, 0) is 47.7 Å². The summed E-state index contributed by atoms with van der Waals surface area (Å²) in [6, 6.07) is 14.8. The average Bonchev–Trinajstić information content (AvgIpc) is 2.98. The zero-order valence-electron chi connectivity index (χ0n) is 9.25. The molecular formula is C12H10N5. The number of aromatic amines is 1. The van der Waals surface area contributed by atoms with Gasteiger partial charge in [0.2, 0.25) is 0 Å². The predicted octanol–water partition coefficient (Wildman–Crippen LogP) is 1.77. The van der Waals surface area contributed by atoms with Gasteiger partial charge in [-0.3, -0.25) is 0 Å². The number of nitrogens with zero attached hydrogens (tertiary/aromatic N) is 4. The van der Waals surface area contributed by atoms with Crippen LogP contribution in [0.3, 0.4) is 0 Å². The molecule has 2 heterocycles. The number of hydrogen-bond donors (Lipinski definition) is 1. The largest absolute Gasteiger partial charge is 0.311 e. The number of aromatic nitrogens is 5. The molecular weight excluding hydrogens is 214 g/mol. The Morgan fingerprint density at radius 3 is 2.71 bits per heavy atom. The molecule has 2 aromatic heterocycles. The molecule has 3 rings (SSSR count). The Labute approximate surface area is 98.1 Å². The zero-order chi connectivity index (χ0) is 11.7. The Morgan fingerprint density at radius 1 is 1.18 bits per heavy atom. The summed E-state index contributed by atoms with van der Waals surface area (Å²) in [6.07, 6.45) is 0. The fraction of sp³-hybridized carbons (Fsp3) is 0.0833. The lowest BCUT2D eigenvalue weighted by Crippen LogP contribution is -1.99. The van der Waals surface area contributed by atoms with E-state index in [1.165, 1.54) is 0 Å². The number of H-pyrrole nitrogens is 1. The van der Waals surface area contributed by atoms with Gasteiger partial charge < -0.3 is 4.57 Å². The van der Waals surface area contributed by atoms with Gasteiger partial charge >= 0.3 is 0 Å². The van der Waals surface area contributed by atoms with E-state index in [1.807, 2.05) is 43.3 Å². The summed E-state index contributed by atoms with van der Waals surface area (Å²) >= 11 is 0. The molecule has 0 atom stereocenters. The quantitative estimate of drug-likeness (QED) is 0.721. The van der Waals surface area contributed by atoms with E-state index in [4.69, 9.17) is 0 Å². The van der Waals surface area contributed by atoms with E-state index in [-0.39, 0.29) is 0 Å². The highest BCUT2D eigenvalue weighted by atomic mass is 15.5. The summed E-state index contributed by atoms with van der Waals surface area (Å²) in [5, 5.41) is 13.9. The summed E-state index contributed by atoms with van der Waals surface area (Å²) in [7, 11) is 0. The molecule has 5 nitrogen and oxygen atoms in total. The van der Waals surface area contributed by atoms with Crippen LogP contribution in [0, 0.1) is 13.0 Å². The molecule has 0 unspecified atom stereocenters. The van der Waals surface area contributed by atoms with Gasteiger partial charge in [0, 0.05) is 11.4 Å². The number of hydrogen-bond acceptors (Lipinski definition) is 3. The number of tetrazole rings is 1. The molecule has 1 aromatic carbocycles. The number of rotatable bonds is 2. The first-order chi connectivity index (χ1) is 8.36. The first kappa shape index (κ1) is 9.77. The van der Waals surface area contributed by atoms with Crippen LogP contribution in [-0.4, -0.2) is 25.2 Å². The van der Waals surface area contributed by atoms with E-state index in [0.29, 0.717) is 5.82 Å². The Kier molecular flexibility index (Phi) is 2.22. The second-order valence-electron chi connectivity index (χ2n) is 3.70. The summed E-state index contributed by atoms with van der Waals surface area (Å²) < 4.78 is 2.09. The van der Waals surface area contributed by atoms with Crippen molar-refractivity contribution in [3.05, 3.63) is 48.2 Å². The summed E-state index contributed by atoms with van der Waals surface area (Å²) in [4.78, 5) is 0. The van der Waals surface area contributed by atoms with Gasteiger partial charge in [0.05, 0.1) is 5.69 Å². The highest BCUT2D eigenvalue weighted by molar-refractivity contribution is 5.56. The molecule has 1 N–H and O–H groups in total. The summed E-state index contributed by atoms with van der Waals surface area (Å²) in [5.74, 6) is 0.658. The highest BCUT2D eigenvalue weighted by Crippen LogP contribution is 2.22. The maximum absolute atomic E-state index is 3.94. The van der Waals surface area contributed by atoms with Gasteiger partial charge in [-0.2, -0.15) is 0 Å². The van der Waals surface area contributed by atoms with E-state index in [9.17, 15) is 0 Å². The summed E-state index contributed by atoms with van der Waals surface area (Å²) in [6.45, 7) is 2.05. The minimum absolute atomic E-state index is 0.658. The molecule has 5 heteroatoms. The van der Waals surface area contributed by atoms with Crippen molar-refractivity contribution in [1.82, 2.24) is 25.2 Å². The van der Waals surface area contributed by atoms with Gasteiger partial charge in [0.25, 0.3) is 0 Å². The van der Waals surface area contributed by atoms with Crippen LogP contribution in [0.4, 0.5) is 0 Å². The fourth-order valence-corrected chi connectivity index (χ4v) is 1.86.